The maximum atomic E-state index is 12.6. The van der Waals surface area contributed by atoms with Crippen molar-refractivity contribution in [2.24, 2.45) is 5.92 Å². The van der Waals surface area contributed by atoms with Crippen LogP contribution >= 0.6 is 0 Å². The fourth-order valence-electron chi connectivity index (χ4n) is 1.99. The number of hydrogen-bond donors (Lipinski definition) is 1. The number of nitrogens with one attached hydrogen (secondary N) is 1. The molecule has 2 heteroatoms. The number of halogens is 1. The largest absolute Gasteiger partial charge is 0.389 e. The minimum atomic E-state index is -0.148. The summed E-state index contributed by atoms with van der Waals surface area (Å²) < 4.78 is 12.6. The summed E-state index contributed by atoms with van der Waals surface area (Å²) in [6.45, 7) is 15.6. The van der Waals surface area contributed by atoms with Gasteiger partial charge in [-0.1, -0.05) is 52.8 Å². The average molecular weight is 293 g/mol. The smallest absolute Gasteiger partial charge is 0.123 e. The topological polar surface area (TPSA) is 12.0 Å². The molecule has 21 heavy (non-hydrogen) atoms. The van der Waals surface area contributed by atoms with Crippen LogP contribution in [0.1, 0.15) is 65.4 Å². The molecule has 0 bridgehead atoms. The number of allylic oxidation sites excluding steroid dienone is 1. The second-order valence-electron chi connectivity index (χ2n) is 5.74. The van der Waals surface area contributed by atoms with Crippen molar-refractivity contribution in [2.75, 3.05) is 6.54 Å². The van der Waals surface area contributed by atoms with Gasteiger partial charge in [0, 0.05) is 12.2 Å². The van der Waals surface area contributed by atoms with Gasteiger partial charge in [-0.15, -0.1) is 0 Å². The van der Waals surface area contributed by atoms with Gasteiger partial charge in [0.25, 0.3) is 0 Å². The van der Waals surface area contributed by atoms with Crippen LogP contribution in [0.5, 0.6) is 0 Å². The summed E-state index contributed by atoms with van der Waals surface area (Å²) in [4.78, 5) is 0. The molecule has 0 aliphatic carbocycles. The maximum absolute atomic E-state index is 12.6. The second kappa shape index (κ2) is 11.4. The fourth-order valence-corrected chi connectivity index (χ4v) is 1.99. The number of rotatable bonds is 7. The highest BCUT2D eigenvalue weighted by Crippen LogP contribution is 2.22. The summed E-state index contributed by atoms with van der Waals surface area (Å²) in [5.74, 6) is 1.21. The van der Waals surface area contributed by atoms with E-state index in [1.165, 1.54) is 24.1 Å². The Balaban J connectivity index is 0.000000400. The van der Waals surface area contributed by atoms with E-state index in [1.807, 2.05) is 19.1 Å². The molecule has 0 aliphatic heterocycles. The Morgan fingerprint density at radius 2 is 1.62 bits per heavy atom. The Bertz CT molecular complexity index is 379. The molecule has 1 atom stereocenters. The molecule has 1 rings (SSSR count). The van der Waals surface area contributed by atoms with Crippen LogP contribution in [0.3, 0.4) is 0 Å². The fraction of sp³-hybridized carbons (Fsp3) is 0.579. The van der Waals surface area contributed by atoms with Gasteiger partial charge in [0.1, 0.15) is 5.82 Å². The van der Waals surface area contributed by atoms with Gasteiger partial charge in [0.05, 0.1) is 0 Å². The third-order valence-electron chi connectivity index (χ3n) is 3.78. The number of hydrogen-bond acceptors (Lipinski definition) is 1. The van der Waals surface area contributed by atoms with Gasteiger partial charge in [-0.2, -0.15) is 0 Å². The molecule has 0 saturated heterocycles. The molecule has 1 aromatic rings. The molecule has 0 radical (unpaired) electrons. The molecule has 1 nitrogen and oxygen atoms in total. The lowest BCUT2D eigenvalue weighted by Crippen LogP contribution is -2.17. The van der Waals surface area contributed by atoms with E-state index in [4.69, 9.17) is 0 Å². The van der Waals surface area contributed by atoms with E-state index in [0.717, 1.165) is 31.0 Å². The molecule has 0 aromatic heterocycles. The molecular formula is C19H32FN. The van der Waals surface area contributed by atoms with E-state index in [9.17, 15) is 4.39 Å². The molecule has 120 valence electrons. The predicted octanol–water partition coefficient (Wildman–Crippen LogP) is 5.89. The molecule has 0 saturated carbocycles. The lowest BCUT2D eigenvalue weighted by molar-refractivity contribution is 0.530. The lowest BCUT2D eigenvalue weighted by atomic mass is 9.94. The van der Waals surface area contributed by atoms with Crippen molar-refractivity contribution < 1.29 is 4.39 Å². The van der Waals surface area contributed by atoms with Crippen LogP contribution < -0.4 is 5.32 Å². The number of benzene rings is 1. The van der Waals surface area contributed by atoms with Gasteiger partial charge < -0.3 is 5.32 Å². The first-order valence-electron chi connectivity index (χ1n) is 8.09. The van der Waals surface area contributed by atoms with Crippen molar-refractivity contribution in [1.82, 2.24) is 5.32 Å². The van der Waals surface area contributed by atoms with Crippen molar-refractivity contribution >= 4 is 0 Å². The van der Waals surface area contributed by atoms with Gasteiger partial charge in [-0.25, -0.2) is 4.39 Å². The van der Waals surface area contributed by atoms with Crippen molar-refractivity contribution in [3.63, 3.8) is 0 Å². The maximum Gasteiger partial charge on any atom is 0.123 e. The first kappa shape index (κ1) is 19.7. The Morgan fingerprint density at radius 1 is 1.10 bits per heavy atom. The van der Waals surface area contributed by atoms with Crippen LogP contribution in [0.2, 0.25) is 0 Å². The zero-order valence-electron chi connectivity index (χ0n) is 14.4. The first-order chi connectivity index (χ1) is 9.94. The molecule has 0 spiro atoms. The molecule has 0 fully saturated rings. The van der Waals surface area contributed by atoms with Crippen molar-refractivity contribution in [1.29, 1.82) is 0 Å². The summed E-state index contributed by atoms with van der Waals surface area (Å²) in [5.41, 5.74) is 2.32. The van der Waals surface area contributed by atoms with Gasteiger partial charge in [0.2, 0.25) is 0 Å². The molecular weight excluding hydrogens is 261 g/mol. The molecule has 1 unspecified atom stereocenters. The highest BCUT2D eigenvalue weighted by molar-refractivity contribution is 5.20. The van der Waals surface area contributed by atoms with Gasteiger partial charge >= 0.3 is 0 Å². The summed E-state index contributed by atoms with van der Waals surface area (Å²) in [6.07, 6.45) is 3.49. The average Bonchev–Trinajstić information content (AvgIpc) is 2.48. The monoisotopic (exact) mass is 293 g/mol. The minimum Gasteiger partial charge on any atom is -0.389 e. The normalized spacial score (nSPS) is 11.6. The highest BCUT2D eigenvalue weighted by Gasteiger charge is 2.05. The third kappa shape index (κ3) is 9.28. The summed E-state index contributed by atoms with van der Waals surface area (Å²) >= 11 is 0. The first-order valence-corrected chi connectivity index (χ1v) is 8.09. The Hall–Kier alpha value is -1.31. The van der Waals surface area contributed by atoms with Crippen molar-refractivity contribution in [2.45, 2.75) is 59.8 Å². The SMILES string of the molecule is C=C(C)NCC(C)CC.CCC(CC)c1ccc(F)cc1. The molecule has 0 heterocycles. The second-order valence-corrected chi connectivity index (χ2v) is 5.74. The molecule has 1 N–H and O–H groups in total. The van der Waals surface area contributed by atoms with Crippen molar-refractivity contribution in [3.05, 3.63) is 47.9 Å². The van der Waals surface area contributed by atoms with Crippen LogP contribution in [-0.4, -0.2) is 6.54 Å². The van der Waals surface area contributed by atoms with E-state index in [0.29, 0.717) is 5.92 Å². The highest BCUT2D eigenvalue weighted by atomic mass is 19.1. The quantitative estimate of drug-likeness (QED) is 0.661. The van der Waals surface area contributed by atoms with E-state index in [1.54, 1.807) is 0 Å². The van der Waals surface area contributed by atoms with Gasteiger partial charge in [-0.05, 0) is 49.3 Å². The predicted molar refractivity (Wildman–Crippen MR) is 92.0 cm³/mol. The standard InChI is InChI=1S/C11H15F.C8H17N/c1-3-9(4-2)10-5-7-11(12)8-6-10;1-5-8(4)6-9-7(2)3/h5-9H,3-4H2,1-2H3;8-9H,2,5-6H2,1,3-4H3. The van der Waals surface area contributed by atoms with Crippen LogP contribution in [0.25, 0.3) is 0 Å². The van der Waals surface area contributed by atoms with E-state index >= 15 is 0 Å². The van der Waals surface area contributed by atoms with Crippen LogP contribution in [-0.2, 0) is 0 Å². The molecule has 0 aliphatic rings. The zero-order valence-corrected chi connectivity index (χ0v) is 14.4. The molecule has 0 amide bonds. The van der Waals surface area contributed by atoms with Crippen molar-refractivity contribution in [3.8, 4) is 0 Å². The summed E-state index contributed by atoms with van der Waals surface area (Å²) in [5, 5.41) is 3.20. The molecule has 1 aromatic carbocycles. The minimum absolute atomic E-state index is 0.148. The van der Waals surface area contributed by atoms with Gasteiger partial charge in [-0.3, -0.25) is 0 Å². The third-order valence-corrected chi connectivity index (χ3v) is 3.78. The van der Waals surface area contributed by atoms with Crippen LogP contribution in [0.4, 0.5) is 4.39 Å². The van der Waals surface area contributed by atoms with E-state index < -0.39 is 0 Å². The zero-order chi connectivity index (χ0) is 16.3. The summed E-state index contributed by atoms with van der Waals surface area (Å²) in [7, 11) is 0. The summed E-state index contributed by atoms with van der Waals surface area (Å²) in [6, 6.07) is 6.83. The van der Waals surface area contributed by atoms with Crippen LogP contribution in [0.15, 0.2) is 36.5 Å². The Kier molecular flexibility index (Phi) is 10.7. The van der Waals surface area contributed by atoms with Gasteiger partial charge in [0.15, 0.2) is 0 Å². The Morgan fingerprint density at radius 3 is 2.00 bits per heavy atom. The van der Waals surface area contributed by atoms with E-state index in [2.05, 4.69) is 39.6 Å². The Labute approximate surface area is 130 Å². The lowest BCUT2D eigenvalue weighted by Gasteiger charge is -2.11. The van der Waals surface area contributed by atoms with E-state index in [-0.39, 0.29) is 5.82 Å². The van der Waals surface area contributed by atoms with Crippen LogP contribution in [0, 0.1) is 11.7 Å².